The van der Waals surface area contributed by atoms with Crippen LogP contribution in [0.5, 0.6) is 5.75 Å². The Balaban J connectivity index is 1.52. The molecule has 2 heterocycles. The molecular weight excluding hydrogens is 541 g/mol. The molecular formula is C34H53F3N2O3. The highest BCUT2D eigenvalue weighted by Crippen LogP contribution is 2.46. The number of hydrogen-bond donors (Lipinski definition) is 0. The average molecular weight is 595 g/mol. The van der Waals surface area contributed by atoms with Gasteiger partial charge in [0, 0.05) is 24.5 Å². The summed E-state index contributed by atoms with van der Waals surface area (Å²) in [5, 5.41) is 0. The van der Waals surface area contributed by atoms with Crippen LogP contribution in [0.25, 0.3) is 0 Å². The molecule has 1 amide bonds. The standard InChI is InChI=1S/C34H53F3N2O3/c1-32(2,3)42-31(40)39-25-22-33(26-39)21-15-11-9-7-5-4-6-8-10-12-18-30(33)38-23-19-27(20-24-38)28-16-13-14-17-29(28)41-34(35,36)37/h13-14,16-17,27,30H,4-12,15,18-26H2,1-3H3. The summed E-state index contributed by atoms with van der Waals surface area (Å²) in [5.41, 5.74) is 0.154. The van der Waals surface area contributed by atoms with Crippen LogP contribution in [0.4, 0.5) is 18.0 Å². The van der Waals surface area contributed by atoms with Gasteiger partial charge in [-0.2, -0.15) is 0 Å². The fourth-order valence-corrected chi connectivity index (χ4v) is 7.68. The highest BCUT2D eigenvalue weighted by Gasteiger charge is 2.48. The van der Waals surface area contributed by atoms with E-state index in [2.05, 4.69) is 9.64 Å². The first kappa shape index (κ1) is 32.9. The minimum atomic E-state index is -4.70. The van der Waals surface area contributed by atoms with Crippen molar-refractivity contribution in [1.82, 2.24) is 9.80 Å². The van der Waals surface area contributed by atoms with Crippen molar-refractivity contribution in [1.29, 1.82) is 0 Å². The number of carbonyl (C=O) groups excluding carboxylic acids is 1. The summed E-state index contributed by atoms with van der Waals surface area (Å²) in [6, 6.07) is 7.00. The van der Waals surface area contributed by atoms with Crippen molar-refractivity contribution in [3.05, 3.63) is 29.8 Å². The minimum absolute atomic E-state index is 0.0190. The van der Waals surface area contributed by atoms with Gasteiger partial charge in [0.25, 0.3) is 0 Å². The van der Waals surface area contributed by atoms with E-state index in [1.807, 2.05) is 25.7 Å². The molecule has 1 aromatic rings. The molecule has 2 saturated heterocycles. The number of nitrogens with zero attached hydrogens (tertiary/aromatic N) is 2. The van der Waals surface area contributed by atoms with Gasteiger partial charge in [-0.05, 0) is 83.5 Å². The maximum atomic E-state index is 13.2. The maximum absolute atomic E-state index is 13.2. The topological polar surface area (TPSA) is 42.0 Å². The second kappa shape index (κ2) is 14.7. The Labute approximate surface area is 251 Å². The number of rotatable bonds is 3. The highest BCUT2D eigenvalue weighted by molar-refractivity contribution is 5.68. The van der Waals surface area contributed by atoms with Crippen LogP contribution in [0.1, 0.15) is 129 Å². The van der Waals surface area contributed by atoms with Gasteiger partial charge in [-0.25, -0.2) is 4.79 Å². The smallest absolute Gasteiger partial charge is 0.444 e. The van der Waals surface area contributed by atoms with Crippen molar-refractivity contribution in [3.63, 3.8) is 0 Å². The molecule has 3 aliphatic rings. The lowest BCUT2D eigenvalue weighted by Crippen LogP contribution is -2.52. The zero-order valence-corrected chi connectivity index (χ0v) is 26.2. The van der Waals surface area contributed by atoms with Crippen LogP contribution in [0.3, 0.4) is 0 Å². The van der Waals surface area contributed by atoms with Crippen LogP contribution in [-0.2, 0) is 4.74 Å². The number of ether oxygens (including phenoxy) is 2. The molecule has 1 aliphatic carbocycles. The zero-order valence-electron chi connectivity index (χ0n) is 26.2. The zero-order chi connectivity index (χ0) is 30.2. The summed E-state index contributed by atoms with van der Waals surface area (Å²) in [6.45, 7) is 8.92. The Morgan fingerprint density at radius 1 is 0.810 bits per heavy atom. The van der Waals surface area contributed by atoms with Crippen LogP contribution in [0, 0.1) is 5.41 Å². The number of hydrogen-bond acceptors (Lipinski definition) is 4. The van der Waals surface area contributed by atoms with E-state index in [0.29, 0.717) is 11.6 Å². The summed E-state index contributed by atoms with van der Waals surface area (Å²) in [4.78, 5) is 17.7. The number of likely N-dealkylation sites (tertiary alicyclic amines) is 2. The normalized spacial score (nSPS) is 26.6. The number of alkyl halides is 3. The first-order chi connectivity index (χ1) is 20.0. The molecule has 0 N–H and O–H groups in total. The molecule has 238 valence electrons. The molecule has 3 fully saturated rings. The Morgan fingerprint density at radius 3 is 2.02 bits per heavy atom. The predicted molar refractivity (Wildman–Crippen MR) is 161 cm³/mol. The molecule has 2 atom stereocenters. The number of halogens is 3. The fraction of sp³-hybridized carbons (Fsp3) is 0.794. The first-order valence-corrected chi connectivity index (χ1v) is 16.5. The molecule has 1 aromatic carbocycles. The van der Waals surface area contributed by atoms with Crippen molar-refractivity contribution in [2.24, 2.45) is 5.41 Å². The van der Waals surface area contributed by atoms with Gasteiger partial charge in [-0.15, -0.1) is 13.2 Å². The van der Waals surface area contributed by atoms with E-state index in [4.69, 9.17) is 4.74 Å². The van der Waals surface area contributed by atoms with Crippen molar-refractivity contribution >= 4 is 6.09 Å². The monoisotopic (exact) mass is 594 g/mol. The average Bonchev–Trinajstić information content (AvgIpc) is 3.35. The van der Waals surface area contributed by atoms with Gasteiger partial charge in [0.1, 0.15) is 11.4 Å². The van der Waals surface area contributed by atoms with Crippen LogP contribution >= 0.6 is 0 Å². The van der Waals surface area contributed by atoms with E-state index in [9.17, 15) is 18.0 Å². The van der Waals surface area contributed by atoms with E-state index < -0.39 is 12.0 Å². The molecule has 8 heteroatoms. The minimum Gasteiger partial charge on any atom is -0.444 e. The van der Waals surface area contributed by atoms with E-state index >= 15 is 0 Å². The van der Waals surface area contributed by atoms with Gasteiger partial charge in [0.2, 0.25) is 0 Å². The number of amides is 1. The molecule has 0 radical (unpaired) electrons. The number of benzene rings is 1. The maximum Gasteiger partial charge on any atom is 0.573 e. The lowest BCUT2D eigenvalue weighted by atomic mass is 9.71. The number of para-hydroxylation sites is 1. The van der Waals surface area contributed by atoms with E-state index in [1.165, 1.54) is 70.3 Å². The lowest BCUT2D eigenvalue weighted by Gasteiger charge is -2.47. The van der Waals surface area contributed by atoms with Gasteiger partial charge >= 0.3 is 12.5 Å². The largest absolute Gasteiger partial charge is 0.573 e. The molecule has 1 saturated carbocycles. The second-order valence-corrected chi connectivity index (χ2v) is 14.0. The van der Waals surface area contributed by atoms with Gasteiger partial charge < -0.3 is 14.4 Å². The van der Waals surface area contributed by atoms with Crippen molar-refractivity contribution in [3.8, 4) is 5.75 Å². The Kier molecular flexibility index (Phi) is 11.5. The van der Waals surface area contributed by atoms with Gasteiger partial charge in [0.05, 0.1) is 0 Å². The third-order valence-corrected chi connectivity index (χ3v) is 9.70. The highest BCUT2D eigenvalue weighted by atomic mass is 19.4. The summed E-state index contributed by atoms with van der Waals surface area (Å²) >= 11 is 0. The third-order valence-electron chi connectivity index (χ3n) is 9.70. The molecule has 4 rings (SSSR count). The quantitative estimate of drug-likeness (QED) is 0.350. The molecule has 42 heavy (non-hydrogen) atoms. The van der Waals surface area contributed by atoms with E-state index in [0.717, 1.165) is 58.3 Å². The molecule has 2 aliphatic heterocycles. The fourth-order valence-electron chi connectivity index (χ4n) is 7.68. The van der Waals surface area contributed by atoms with Crippen LogP contribution in [0.2, 0.25) is 0 Å². The molecule has 5 nitrogen and oxygen atoms in total. The Hall–Kier alpha value is -1.96. The molecule has 0 aromatic heterocycles. The van der Waals surface area contributed by atoms with Crippen molar-refractivity contribution < 1.29 is 27.4 Å². The third kappa shape index (κ3) is 9.52. The van der Waals surface area contributed by atoms with Crippen LogP contribution < -0.4 is 4.74 Å². The van der Waals surface area contributed by atoms with Crippen LogP contribution in [0.15, 0.2) is 24.3 Å². The van der Waals surface area contributed by atoms with Crippen molar-refractivity contribution in [2.45, 2.75) is 141 Å². The lowest BCUT2D eigenvalue weighted by molar-refractivity contribution is -0.275. The van der Waals surface area contributed by atoms with Gasteiger partial charge in [0.15, 0.2) is 0 Å². The first-order valence-electron chi connectivity index (χ1n) is 16.5. The number of carbonyl (C=O) groups is 1. The Bertz CT molecular complexity index is 987. The molecule has 0 bridgehead atoms. The summed E-state index contributed by atoms with van der Waals surface area (Å²) < 4.78 is 49.5. The van der Waals surface area contributed by atoms with E-state index in [-0.39, 0.29) is 23.2 Å². The Morgan fingerprint density at radius 2 is 1.40 bits per heavy atom. The summed E-state index contributed by atoms with van der Waals surface area (Å²) in [6.07, 6.45) is 12.6. The number of piperidine rings is 1. The van der Waals surface area contributed by atoms with Crippen LogP contribution in [-0.4, -0.2) is 60.1 Å². The van der Waals surface area contributed by atoms with Crippen molar-refractivity contribution in [2.75, 3.05) is 26.2 Å². The molecule has 1 spiro atoms. The van der Waals surface area contributed by atoms with E-state index in [1.54, 1.807) is 18.2 Å². The molecule has 2 unspecified atom stereocenters. The SMILES string of the molecule is CC(C)(C)OC(=O)N1CCC2(CCCCCCCCCCCCC2N2CCC(c3ccccc3OC(F)(F)F)CC2)C1. The summed E-state index contributed by atoms with van der Waals surface area (Å²) in [7, 11) is 0. The predicted octanol–water partition coefficient (Wildman–Crippen LogP) is 9.46. The summed E-state index contributed by atoms with van der Waals surface area (Å²) in [5.74, 6) is -0.0298. The van der Waals surface area contributed by atoms with Gasteiger partial charge in [-0.1, -0.05) is 82.4 Å². The van der Waals surface area contributed by atoms with Gasteiger partial charge in [-0.3, -0.25) is 4.90 Å². The second-order valence-electron chi connectivity index (χ2n) is 14.0.